The highest BCUT2D eigenvalue weighted by molar-refractivity contribution is 4.74. The molecule has 0 rings (SSSR count). The summed E-state index contributed by atoms with van der Waals surface area (Å²) in [6, 6.07) is 0. The van der Waals surface area contributed by atoms with Gasteiger partial charge in [-0.15, -0.1) is 0 Å². The predicted octanol–water partition coefficient (Wildman–Crippen LogP) is 7.09. The van der Waals surface area contributed by atoms with Crippen molar-refractivity contribution >= 4 is 0 Å². The predicted molar refractivity (Wildman–Crippen MR) is 115 cm³/mol. The largest absolute Gasteiger partial charge is 0.288 e. The average molecular weight is 355 g/mol. The molecule has 0 aliphatic carbocycles. The van der Waals surface area contributed by atoms with Crippen molar-refractivity contribution in [3.8, 4) is 0 Å². The highest BCUT2D eigenvalue weighted by Gasteiger charge is 2.22. The van der Waals surface area contributed by atoms with Gasteiger partial charge in [-0.1, -0.05) is 86.0 Å². The molecule has 2 nitrogen and oxygen atoms in total. The van der Waals surface area contributed by atoms with Gasteiger partial charge in [-0.3, -0.25) is 9.80 Å². The molecule has 0 saturated carbocycles. The minimum absolute atomic E-state index is 0.669. The molecule has 0 aromatic heterocycles. The summed E-state index contributed by atoms with van der Waals surface area (Å²) in [4.78, 5) is 5.67. The maximum Gasteiger partial charge on any atom is 0.0619 e. The highest BCUT2D eigenvalue weighted by Crippen LogP contribution is 2.16. The molecule has 0 spiro atoms. The molecule has 0 heterocycles. The van der Waals surface area contributed by atoms with Gasteiger partial charge >= 0.3 is 0 Å². The van der Waals surface area contributed by atoms with Crippen LogP contribution in [0.15, 0.2) is 0 Å². The Morgan fingerprint density at radius 3 is 0.920 bits per heavy atom. The van der Waals surface area contributed by atoms with Crippen molar-refractivity contribution in [2.45, 2.75) is 124 Å². The fourth-order valence-electron chi connectivity index (χ4n) is 3.83. The number of hydrogen-bond acceptors (Lipinski definition) is 2. The molecule has 0 aliphatic heterocycles. The lowest BCUT2D eigenvalue weighted by atomic mass is 10.1. The zero-order valence-electron chi connectivity index (χ0n) is 18.5. The van der Waals surface area contributed by atoms with E-state index in [-0.39, 0.29) is 0 Å². The second-order valence-electron chi connectivity index (χ2n) is 7.79. The lowest BCUT2D eigenvalue weighted by Gasteiger charge is -2.40. The first-order chi connectivity index (χ1) is 12.2. The molecule has 0 aromatic rings. The normalized spacial score (nSPS) is 12.0. The summed E-state index contributed by atoms with van der Waals surface area (Å²) in [7, 11) is 0. The highest BCUT2D eigenvalue weighted by atomic mass is 15.3. The van der Waals surface area contributed by atoms with Crippen molar-refractivity contribution in [2.24, 2.45) is 0 Å². The van der Waals surface area contributed by atoms with Crippen LogP contribution in [0.2, 0.25) is 0 Å². The lowest BCUT2D eigenvalue weighted by Crippen LogP contribution is -2.49. The van der Waals surface area contributed by atoms with Gasteiger partial charge in [0, 0.05) is 0 Å². The van der Waals surface area contributed by atoms with Crippen molar-refractivity contribution in [3.05, 3.63) is 0 Å². The monoisotopic (exact) mass is 354 g/mol. The van der Waals surface area contributed by atoms with Gasteiger partial charge in [0.25, 0.3) is 0 Å². The van der Waals surface area contributed by atoms with Gasteiger partial charge in [-0.25, -0.2) is 0 Å². The standard InChI is InChI=1S/C23H50N2/c1-6-11-15-19-24(20-16-12-7-2)23(10-5)25(21-17-13-8-3)22-18-14-9-4/h23H,6-22H2,1-5H3. The van der Waals surface area contributed by atoms with Gasteiger partial charge < -0.3 is 0 Å². The van der Waals surface area contributed by atoms with E-state index in [1.54, 1.807) is 0 Å². The minimum atomic E-state index is 0.669. The van der Waals surface area contributed by atoms with Crippen LogP contribution >= 0.6 is 0 Å². The Morgan fingerprint density at radius 2 is 0.720 bits per heavy atom. The maximum atomic E-state index is 2.84. The summed E-state index contributed by atoms with van der Waals surface area (Å²) in [6.45, 7) is 16.9. The Morgan fingerprint density at radius 1 is 0.440 bits per heavy atom. The Labute approximate surface area is 160 Å². The van der Waals surface area contributed by atoms with E-state index in [1.165, 1.54) is 110 Å². The smallest absolute Gasteiger partial charge is 0.0619 e. The third-order valence-corrected chi connectivity index (χ3v) is 5.40. The van der Waals surface area contributed by atoms with E-state index in [0.717, 1.165) is 0 Å². The van der Waals surface area contributed by atoms with Crippen LogP contribution in [0.3, 0.4) is 0 Å². The summed E-state index contributed by atoms with van der Waals surface area (Å²) in [5, 5.41) is 0. The molecule has 0 atom stereocenters. The van der Waals surface area contributed by atoms with E-state index in [9.17, 15) is 0 Å². The van der Waals surface area contributed by atoms with Crippen LogP contribution in [0.1, 0.15) is 118 Å². The van der Waals surface area contributed by atoms with Crippen LogP contribution in [0, 0.1) is 0 Å². The first-order valence-electron chi connectivity index (χ1n) is 11.7. The average Bonchev–Trinajstić information content (AvgIpc) is 2.62. The van der Waals surface area contributed by atoms with Crippen LogP contribution < -0.4 is 0 Å². The molecule has 0 radical (unpaired) electrons. The molecule has 0 aromatic carbocycles. The second-order valence-corrected chi connectivity index (χ2v) is 7.79. The molecule has 0 fully saturated rings. The number of rotatable bonds is 19. The summed E-state index contributed by atoms with van der Waals surface area (Å²) in [6.07, 6.45) is 18.3. The molecule has 0 bridgehead atoms. The number of unbranched alkanes of at least 4 members (excludes halogenated alkanes) is 8. The van der Waals surface area contributed by atoms with Gasteiger partial charge in [0.15, 0.2) is 0 Å². The SMILES string of the molecule is CCCCCN(CCCCC)C(CC)N(CCCCC)CCCCC. The Kier molecular flexibility index (Phi) is 18.6. The molecular formula is C23H50N2. The second kappa shape index (κ2) is 18.7. The summed E-state index contributed by atoms with van der Waals surface area (Å²) in [5.74, 6) is 0. The van der Waals surface area contributed by atoms with Crippen molar-refractivity contribution < 1.29 is 0 Å². The van der Waals surface area contributed by atoms with Gasteiger partial charge in [0.05, 0.1) is 6.17 Å². The quantitative estimate of drug-likeness (QED) is 0.180. The number of nitrogens with zero attached hydrogens (tertiary/aromatic N) is 2. The molecular weight excluding hydrogens is 304 g/mol. The molecule has 0 aliphatic rings. The van der Waals surface area contributed by atoms with Gasteiger partial charge in [0.2, 0.25) is 0 Å². The zero-order chi connectivity index (χ0) is 18.8. The van der Waals surface area contributed by atoms with Crippen molar-refractivity contribution in [2.75, 3.05) is 26.2 Å². The Bertz CT molecular complexity index is 210. The fourth-order valence-corrected chi connectivity index (χ4v) is 3.83. The van der Waals surface area contributed by atoms with Crippen LogP contribution in [0.25, 0.3) is 0 Å². The van der Waals surface area contributed by atoms with Crippen molar-refractivity contribution in [1.29, 1.82) is 0 Å². The molecule has 0 saturated heterocycles. The third-order valence-electron chi connectivity index (χ3n) is 5.40. The Hall–Kier alpha value is -0.0800. The van der Waals surface area contributed by atoms with E-state index in [0.29, 0.717) is 6.17 Å². The molecule has 25 heavy (non-hydrogen) atoms. The van der Waals surface area contributed by atoms with Crippen LogP contribution in [0.4, 0.5) is 0 Å². The maximum absolute atomic E-state index is 2.84. The Balaban J connectivity index is 4.83. The van der Waals surface area contributed by atoms with Crippen molar-refractivity contribution in [1.82, 2.24) is 9.80 Å². The molecule has 0 amide bonds. The molecule has 0 unspecified atom stereocenters. The van der Waals surface area contributed by atoms with Gasteiger partial charge in [0.1, 0.15) is 0 Å². The minimum Gasteiger partial charge on any atom is -0.288 e. The van der Waals surface area contributed by atoms with E-state index >= 15 is 0 Å². The molecule has 152 valence electrons. The van der Waals surface area contributed by atoms with Gasteiger partial charge in [-0.2, -0.15) is 0 Å². The zero-order valence-corrected chi connectivity index (χ0v) is 18.5. The van der Waals surface area contributed by atoms with Crippen LogP contribution in [-0.2, 0) is 0 Å². The van der Waals surface area contributed by atoms with Crippen LogP contribution in [0.5, 0.6) is 0 Å². The van der Waals surface area contributed by atoms with Crippen LogP contribution in [-0.4, -0.2) is 42.1 Å². The first-order valence-corrected chi connectivity index (χ1v) is 11.7. The van der Waals surface area contributed by atoms with Crippen molar-refractivity contribution in [3.63, 3.8) is 0 Å². The lowest BCUT2D eigenvalue weighted by molar-refractivity contribution is 0.0334. The number of hydrogen-bond donors (Lipinski definition) is 0. The summed E-state index contributed by atoms with van der Waals surface area (Å²) in [5.41, 5.74) is 0. The fraction of sp³-hybridized carbons (Fsp3) is 1.00. The summed E-state index contributed by atoms with van der Waals surface area (Å²) < 4.78 is 0. The van der Waals surface area contributed by atoms with E-state index in [1.807, 2.05) is 0 Å². The van der Waals surface area contributed by atoms with E-state index in [2.05, 4.69) is 44.4 Å². The topological polar surface area (TPSA) is 6.48 Å². The summed E-state index contributed by atoms with van der Waals surface area (Å²) >= 11 is 0. The van der Waals surface area contributed by atoms with E-state index < -0.39 is 0 Å². The third kappa shape index (κ3) is 12.8. The first kappa shape index (κ1) is 24.9. The van der Waals surface area contributed by atoms with Gasteiger partial charge in [-0.05, 0) is 58.3 Å². The molecule has 0 N–H and O–H groups in total. The molecule has 2 heteroatoms. The van der Waals surface area contributed by atoms with E-state index in [4.69, 9.17) is 0 Å².